The average molecular weight is 335 g/mol. The third kappa shape index (κ3) is 2.89. The minimum Gasteiger partial charge on any atom is -0.359 e. The van der Waals surface area contributed by atoms with Gasteiger partial charge in [-0.15, -0.1) is 0 Å². The Labute approximate surface area is 146 Å². The lowest BCUT2D eigenvalue weighted by molar-refractivity contribution is -0.123. The third-order valence-electron chi connectivity index (χ3n) is 4.79. The van der Waals surface area contributed by atoms with Crippen LogP contribution >= 0.6 is 0 Å². The number of nitrogens with zero attached hydrogens (tertiary/aromatic N) is 4. The molecule has 1 aliphatic heterocycles. The number of hydrogen-bond acceptors (Lipinski definition) is 4. The van der Waals surface area contributed by atoms with Crippen molar-refractivity contribution in [3.8, 4) is 0 Å². The lowest BCUT2D eigenvalue weighted by Gasteiger charge is -2.31. The van der Waals surface area contributed by atoms with Crippen molar-refractivity contribution in [3.05, 3.63) is 59.5 Å². The number of carbonyl (C=O) groups excluding carboxylic acids is 1. The van der Waals surface area contributed by atoms with Crippen LogP contribution in [0.4, 0.5) is 0 Å². The van der Waals surface area contributed by atoms with Gasteiger partial charge in [-0.2, -0.15) is 5.10 Å². The van der Waals surface area contributed by atoms with Crippen LogP contribution in [0.2, 0.25) is 0 Å². The Hall–Kier alpha value is -2.73. The molecule has 1 aromatic carbocycles. The maximum atomic E-state index is 12.4. The van der Waals surface area contributed by atoms with E-state index in [1.165, 1.54) is 10.9 Å². The van der Waals surface area contributed by atoms with Crippen molar-refractivity contribution in [2.24, 2.45) is 7.05 Å². The van der Waals surface area contributed by atoms with Gasteiger partial charge in [-0.3, -0.25) is 19.4 Å². The van der Waals surface area contributed by atoms with E-state index in [1.54, 1.807) is 11.7 Å². The number of pyridine rings is 1. The normalized spacial score (nSPS) is 17.4. The Morgan fingerprint density at radius 1 is 1.32 bits per heavy atom. The molecule has 3 aromatic rings. The number of hydrogen-bond donors (Lipinski definition) is 1. The van der Waals surface area contributed by atoms with E-state index in [4.69, 9.17) is 0 Å². The molecule has 0 unspecified atom stereocenters. The van der Waals surface area contributed by atoms with E-state index in [0.717, 1.165) is 29.9 Å². The van der Waals surface area contributed by atoms with Crippen LogP contribution in [0.25, 0.3) is 10.9 Å². The molecule has 3 heterocycles. The molecule has 0 spiro atoms. The molecule has 6 nitrogen and oxygen atoms in total. The van der Waals surface area contributed by atoms with Gasteiger partial charge in [0, 0.05) is 57.1 Å². The molecule has 0 radical (unpaired) electrons. The fourth-order valence-electron chi connectivity index (χ4n) is 3.67. The van der Waals surface area contributed by atoms with Gasteiger partial charge in [0.15, 0.2) is 0 Å². The Balaban J connectivity index is 1.66. The summed E-state index contributed by atoms with van der Waals surface area (Å²) >= 11 is 0. The van der Waals surface area contributed by atoms with E-state index in [1.807, 2.05) is 37.6 Å². The van der Waals surface area contributed by atoms with Gasteiger partial charge in [0.2, 0.25) is 5.91 Å². The molecule has 0 bridgehead atoms. The number of benzene rings is 1. The first kappa shape index (κ1) is 15.8. The second-order valence-corrected chi connectivity index (χ2v) is 6.54. The van der Waals surface area contributed by atoms with Gasteiger partial charge < -0.3 is 5.32 Å². The van der Waals surface area contributed by atoms with Crippen LogP contribution in [0.15, 0.2) is 42.7 Å². The maximum absolute atomic E-state index is 12.4. The van der Waals surface area contributed by atoms with E-state index < -0.39 is 0 Å². The number of nitrogens with one attached hydrogen (secondary N) is 1. The van der Waals surface area contributed by atoms with Crippen molar-refractivity contribution in [1.29, 1.82) is 0 Å². The molecule has 128 valence electrons. The number of aryl methyl sites for hydroxylation is 1. The summed E-state index contributed by atoms with van der Waals surface area (Å²) in [5.41, 5.74) is 4.26. The largest absolute Gasteiger partial charge is 0.359 e. The van der Waals surface area contributed by atoms with Gasteiger partial charge in [0.05, 0.1) is 17.1 Å². The summed E-state index contributed by atoms with van der Waals surface area (Å²) in [6, 6.07) is 10.3. The summed E-state index contributed by atoms with van der Waals surface area (Å²) in [5, 5.41) is 8.45. The van der Waals surface area contributed by atoms with Gasteiger partial charge in [-0.05, 0) is 17.7 Å². The topological polar surface area (TPSA) is 63.1 Å². The van der Waals surface area contributed by atoms with Gasteiger partial charge in [0.25, 0.3) is 0 Å². The highest BCUT2D eigenvalue weighted by molar-refractivity contribution is 5.84. The number of amides is 1. The van der Waals surface area contributed by atoms with Gasteiger partial charge in [-0.1, -0.05) is 18.2 Å². The number of aromatic nitrogens is 3. The second-order valence-electron chi connectivity index (χ2n) is 6.54. The zero-order valence-electron chi connectivity index (χ0n) is 14.4. The first-order valence-electron chi connectivity index (χ1n) is 8.44. The molecule has 0 fully saturated rings. The standard InChI is InChI=1S/C19H21N5O/c1-20-19(25)16-12-24(11-14-9-23(2)22-18(14)16)10-13-5-3-7-17-15(13)6-4-8-21-17/h3-9,16H,10-12H2,1-2H3,(H,20,25)/t16-/m0/s1. The van der Waals surface area contributed by atoms with Crippen LogP contribution < -0.4 is 5.32 Å². The number of likely N-dealkylation sites (N-methyl/N-ethyl adjacent to an activating group) is 1. The van der Waals surface area contributed by atoms with Crippen LogP contribution in [0.3, 0.4) is 0 Å². The molecule has 0 aliphatic carbocycles. The molecule has 25 heavy (non-hydrogen) atoms. The van der Waals surface area contributed by atoms with Crippen molar-refractivity contribution < 1.29 is 4.79 Å². The van der Waals surface area contributed by atoms with Crippen molar-refractivity contribution in [2.45, 2.75) is 19.0 Å². The third-order valence-corrected chi connectivity index (χ3v) is 4.79. The van der Waals surface area contributed by atoms with Crippen molar-refractivity contribution in [3.63, 3.8) is 0 Å². The lowest BCUT2D eigenvalue weighted by Crippen LogP contribution is -2.40. The fraction of sp³-hybridized carbons (Fsp3) is 0.316. The second kappa shape index (κ2) is 6.29. The fourth-order valence-corrected chi connectivity index (χ4v) is 3.67. The number of rotatable bonds is 3. The van der Waals surface area contributed by atoms with E-state index in [2.05, 4.69) is 32.4 Å². The average Bonchev–Trinajstić information content (AvgIpc) is 3.01. The summed E-state index contributed by atoms with van der Waals surface area (Å²) in [4.78, 5) is 19.1. The molecule has 1 atom stereocenters. The van der Waals surface area contributed by atoms with Crippen molar-refractivity contribution >= 4 is 16.8 Å². The molecular formula is C19H21N5O. The molecule has 0 saturated heterocycles. The van der Waals surface area contributed by atoms with E-state index in [0.29, 0.717) is 6.54 Å². The minimum absolute atomic E-state index is 0.0178. The molecule has 4 rings (SSSR count). The molecule has 2 aromatic heterocycles. The monoisotopic (exact) mass is 335 g/mol. The zero-order chi connectivity index (χ0) is 17.4. The Bertz CT molecular complexity index is 927. The van der Waals surface area contributed by atoms with Crippen molar-refractivity contribution in [1.82, 2.24) is 25.0 Å². The summed E-state index contributed by atoms with van der Waals surface area (Å²) in [6.45, 7) is 2.25. The smallest absolute Gasteiger partial charge is 0.230 e. The highest BCUT2D eigenvalue weighted by Gasteiger charge is 2.32. The Morgan fingerprint density at radius 3 is 3.04 bits per heavy atom. The van der Waals surface area contributed by atoms with E-state index in [9.17, 15) is 4.79 Å². The number of carbonyl (C=O) groups is 1. The predicted molar refractivity (Wildman–Crippen MR) is 95.9 cm³/mol. The molecule has 6 heteroatoms. The Morgan fingerprint density at radius 2 is 2.20 bits per heavy atom. The zero-order valence-corrected chi connectivity index (χ0v) is 14.4. The summed E-state index contributed by atoms with van der Waals surface area (Å²) in [6.07, 6.45) is 3.83. The first-order chi connectivity index (χ1) is 12.2. The summed E-state index contributed by atoms with van der Waals surface area (Å²) in [5.74, 6) is -0.215. The quantitative estimate of drug-likeness (QED) is 0.793. The first-order valence-corrected chi connectivity index (χ1v) is 8.44. The molecule has 1 amide bonds. The summed E-state index contributed by atoms with van der Waals surface area (Å²) in [7, 11) is 3.58. The van der Waals surface area contributed by atoms with Crippen LogP contribution in [0, 0.1) is 0 Å². The van der Waals surface area contributed by atoms with E-state index >= 15 is 0 Å². The predicted octanol–water partition coefficient (Wildman–Crippen LogP) is 1.81. The van der Waals surface area contributed by atoms with Gasteiger partial charge in [-0.25, -0.2) is 0 Å². The highest BCUT2D eigenvalue weighted by Crippen LogP contribution is 2.29. The van der Waals surface area contributed by atoms with E-state index in [-0.39, 0.29) is 11.8 Å². The molecule has 1 aliphatic rings. The highest BCUT2D eigenvalue weighted by atomic mass is 16.1. The van der Waals surface area contributed by atoms with Crippen LogP contribution in [-0.2, 0) is 24.9 Å². The maximum Gasteiger partial charge on any atom is 0.230 e. The molecule has 0 saturated carbocycles. The molecule has 1 N–H and O–H groups in total. The van der Waals surface area contributed by atoms with Crippen LogP contribution in [0.1, 0.15) is 22.7 Å². The van der Waals surface area contributed by atoms with Crippen LogP contribution in [0.5, 0.6) is 0 Å². The van der Waals surface area contributed by atoms with Gasteiger partial charge in [0.1, 0.15) is 0 Å². The van der Waals surface area contributed by atoms with Gasteiger partial charge >= 0.3 is 0 Å². The number of fused-ring (bicyclic) bond motifs is 2. The Kier molecular flexibility index (Phi) is 3.97. The minimum atomic E-state index is -0.233. The lowest BCUT2D eigenvalue weighted by atomic mass is 9.95. The van der Waals surface area contributed by atoms with Crippen molar-refractivity contribution in [2.75, 3.05) is 13.6 Å². The molecular weight excluding hydrogens is 314 g/mol. The SMILES string of the molecule is CNC(=O)[C@H]1CN(Cc2cccc3ncccc23)Cc2cn(C)nc21. The summed E-state index contributed by atoms with van der Waals surface area (Å²) < 4.78 is 1.80. The van der Waals surface area contributed by atoms with Crippen LogP contribution in [-0.4, -0.2) is 39.2 Å².